The summed E-state index contributed by atoms with van der Waals surface area (Å²) in [6.45, 7) is 2.62. The molecule has 124 valence electrons. The van der Waals surface area contributed by atoms with E-state index in [1.807, 2.05) is 6.92 Å². The molecule has 2 rings (SSSR count). The first-order chi connectivity index (χ1) is 10.5. The van der Waals surface area contributed by atoms with Gasteiger partial charge >= 0.3 is 5.97 Å². The second-order valence-corrected chi connectivity index (χ2v) is 6.61. The minimum atomic E-state index is -0.839. The standard InChI is InChI=1S/C16H26N2O4/c1-11(17-15(20)12-5-3-2-4-6-12)9-14(19)18-8-7-13(10-18)16(21)22/h11-13H,2-10H2,1H3,(H,17,20)(H,21,22). The van der Waals surface area contributed by atoms with Crippen molar-refractivity contribution in [3.63, 3.8) is 0 Å². The number of aliphatic carboxylic acids is 1. The molecule has 1 aliphatic heterocycles. The molecular weight excluding hydrogens is 284 g/mol. The normalized spacial score (nSPS) is 24.0. The van der Waals surface area contributed by atoms with E-state index < -0.39 is 11.9 Å². The van der Waals surface area contributed by atoms with Gasteiger partial charge in [-0.15, -0.1) is 0 Å². The SMILES string of the molecule is CC(CC(=O)N1CCC(C(=O)O)C1)NC(=O)C1CCCCC1. The summed E-state index contributed by atoms with van der Waals surface area (Å²) in [6, 6.07) is -0.203. The predicted octanol–water partition coefficient (Wildman–Crippen LogP) is 1.39. The van der Waals surface area contributed by atoms with Gasteiger partial charge in [-0.1, -0.05) is 19.3 Å². The van der Waals surface area contributed by atoms with Gasteiger partial charge in [-0.2, -0.15) is 0 Å². The number of nitrogens with zero attached hydrogens (tertiary/aromatic N) is 1. The van der Waals surface area contributed by atoms with Gasteiger partial charge in [0.1, 0.15) is 0 Å². The van der Waals surface area contributed by atoms with Crippen molar-refractivity contribution in [1.82, 2.24) is 10.2 Å². The van der Waals surface area contributed by atoms with Crippen molar-refractivity contribution in [3.8, 4) is 0 Å². The summed E-state index contributed by atoms with van der Waals surface area (Å²) < 4.78 is 0. The number of carboxylic acids is 1. The van der Waals surface area contributed by atoms with Crippen molar-refractivity contribution < 1.29 is 19.5 Å². The van der Waals surface area contributed by atoms with Gasteiger partial charge in [-0.05, 0) is 26.2 Å². The maximum absolute atomic E-state index is 12.2. The highest BCUT2D eigenvalue weighted by Gasteiger charge is 2.31. The third-order valence-electron chi connectivity index (χ3n) is 4.74. The van der Waals surface area contributed by atoms with E-state index in [9.17, 15) is 14.4 Å². The molecule has 1 aliphatic carbocycles. The van der Waals surface area contributed by atoms with Crippen molar-refractivity contribution in [2.45, 2.75) is 57.9 Å². The molecule has 6 nitrogen and oxygen atoms in total. The average molecular weight is 310 g/mol. The van der Waals surface area contributed by atoms with E-state index in [0.717, 1.165) is 25.7 Å². The Bertz CT molecular complexity index is 432. The molecule has 2 aliphatic rings. The minimum Gasteiger partial charge on any atom is -0.481 e. The second kappa shape index (κ2) is 7.61. The fraction of sp³-hybridized carbons (Fsp3) is 0.812. The Morgan fingerprint density at radius 1 is 1.14 bits per heavy atom. The van der Waals surface area contributed by atoms with Crippen LogP contribution in [0, 0.1) is 11.8 Å². The predicted molar refractivity (Wildman–Crippen MR) is 81.1 cm³/mol. The maximum atomic E-state index is 12.2. The molecular formula is C16H26N2O4. The van der Waals surface area contributed by atoms with Crippen LogP contribution in [0.2, 0.25) is 0 Å². The smallest absolute Gasteiger partial charge is 0.308 e. The average Bonchev–Trinajstić information content (AvgIpc) is 2.98. The molecule has 2 amide bonds. The third kappa shape index (κ3) is 4.45. The molecule has 6 heteroatoms. The van der Waals surface area contributed by atoms with Crippen molar-refractivity contribution in [1.29, 1.82) is 0 Å². The molecule has 0 aromatic carbocycles. The van der Waals surface area contributed by atoms with Gasteiger partial charge in [-0.25, -0.2) is 0 Å². The summed E-state index contributed by atoms with van der Waals surface area (Å²) in [5.74, 6) is -1.20. The number of hydrogen-bond donors (Lipinski definition) is 2. The summed E-state index contributed by atoms with van der Waals surface area (Å²) in [5.41, 5.74) is 0. The van der Waals surface area contributed by atoms with Gasteiger partial charge < -0.3 is 15.3 Å². The Labute approximate surface area is 131 Å². The molecule has 1 saturated carbocycles. The van der Waals surface area contributed by atoms with E-state index in [0.29, 0.717) is 13.0 Å². The molecule has 0 radical (unpaired) electrons. The van der Waals surface area contributed by atoms with Crippen LogP contribution < -0.4 is 5.32 Å². The summed E-state index contributed by atoms with van der Waals surface area (Å²) in [4.78, 5) is 36.8. The number of carbonyl (C=O) groups is 3. The van der Waals surface area contributed by atoms with Crippen LogP contribution in [0.5, 0.6) is 0 Å². The van der Waals surface area contributed by atoms with Crippen LogP contribution in [0.15, 0.2) is 0 Å². The first-order valence-electron chi connectivity index (χ1n) is 8.28. The Morgan fingerprint density at radius 3 is 2.41 bits per heavy atom. The van der Waals surface area contributed by atoms with Crippen LogP contribution in [0.4, 0.5) is 0 Å². The lowest BCUT2D eigenvalue weighted by atomic mass is 9.88. The highest BCUT2D eigenvalue weighted by molar-refractivity contribution is 5.82. The number of likely N-dealkylation sites (tertiary alicyclic amines) is 1. The van der Waals surface area contributed by atoms with Crippen molar-refractivity contribution in [2.75, 3.05) is 13.1 Å². The number of nitrogens with one attached hydrogen (secondary N) is 1. The van der Waals surface area contributed by atoms with E-state index in [2.05, 4.69) is 5.32 Å². The van der Waals surface area contributed by atoms with Crippen LogP contribution in [-0.2, 0) is 14.4 Å². The van der Waals surface area contributed by atoms with Crippen LogP contribution in [-0.4, -0.2) is 46.9 Å². The third-order valence-corrected chi connectivity index (χ3v) is 4.74. The number of carbonyl (C=O) groups excluding carboxylic acids is 2. The van der Waals surface area contributed by atoms with Crippen molar-refractivity contribution >= 4 is 17.8 Å². The number of hydrogen-bond acceptors (Lipinski definition) is 3. The van der Waals surface area contributed by atoms with Crippen LogP contribution in [0.3, 0.4) is 0 Å². The maximum Gasteiger partial charge on any atom is 0.308 e. The fourth-order valence-corrected chi connectivity index (χ4v) is 3.36. The van der Waals surface area contributed by atoms with Gasteiger partial charge in [0.05, 0.1) is 5.92 Å². The molecule has 0 spiro atoms. The molecule has 0 aromatic rings. The first-order valence-corrected chi connectivity index (χ1v) is 8.28. The van der Waals surface area contributed by atoms with Crippen molar-refractivity contribution in [3.05, 3.63) is 0 Å². The lowest BCUT2D eigenvalue weighted by Crippen LogP contribution is -2.41. The highest BCUT2D eigenvalue weighted by Crippen LogP contribution is 2.24. The molecule has 2 N–H and O–H groups in total. The highest BCUT2D eigenvalue weighted by atomic mass is 16.4. The lowest BCUT2D eigenvalue weighted by molar-refractivity contribution is -0.141. The second-order valence-electron chi connectivity index (χ2n) is 6.61. The summed E-state index contributed by atoms with van der Waals surface area (Å²) in [7, 11) is 0. The Hall–Kier alpha value is -1.59. The van der Waals surface area contributed by atoms with Gasteiger partial charge in [0.2, 0.25) is 11.8 Å². The zero-order valence-corrected chi connectivity index (χ0v) is 13.2. The van der Waals surface area contributed by atoms with E-state index in [1.54, 1.807) is 4.90 Å². The van der Waals surface area contributed by atoms with Gasteiger partial charge in [-0.3, -0.25) is 14.4 Å². The van der Waals surface area contributed by atoms with Gasteiger partial charge in [0.15, 0.2) is 0 Å². The minimum absolute atomic E-state index is 0.0600. The molecule has 2 fully saturated rings. The molecule has 22 heavy (non-hydrogen) atoms. The molecule has 1 saturated heterocycles. The van der Waals surface area contributed by atoms with E-state index >= 15 is 0 Å². The zero-order valence-electron chi connectivity index (χ0n) is 13.2. The zero-order chi connectivity index (χ0) is 16.1. The van der Waals surface area contributed by atoms with Gasteiger partial charge in [0, 0.05) is 31.5 Å². The topological polar surface area (TPSA) is 86.7 Å². The number of amides is 2. The quantitative estimate of drug-likeness (QED) is 0.803. The largest absolute Gasteiger partial charge is 0.481 e. The first kappa shape index (κ1) is 16.8. The fourth-order valence-electron chi connectivity index (χ4n) is 3.36. The Morgan fingerprint density at radius 2 is 1.82 bits per heavy atom. The molecule has 0 aromatic heterocycles. The molecule has 2 atom stereocenters. The van der Waals surface area contributed by atoms with E-state index in [-0.39, 0.29) is 36.7 Å². The van der Waals surface area contributed by atoms with Crippen LogP contribution in [0.1, 0.15) is 51.9 Å². The number of rotatable bonds is 5. The number of carboxylic acid groups (broad SMARTS) is 1. The Balaban J connectivity index is 1.74. The monoisotopic (exact) mass is 310 g/mol. The molecule has 2 unspecified atom stereocenters. The Kier molecular flexibility index (Phi) is 5.80. The summed E-state index contributed by atoms with van der Waals surface area (Å²) >= 11 is 0. The molecule has 1 heterocycles. The summed E-state index contributed by atoms with van der Waals surface area (Å²) in [5, 5.41) is 11.9. The van der Waals surface area contributed by atoms with Crippen LogP contribution in [0.25, 0.3) is 0 Å². The van der Waals surface area contributed by atoms with Crippen molar-refractivity contribution in [2.24, 2.45) is 11.8 Å². The van der Waals surface area contributed by atoms with E-state index in [4.69, 9.17) is 5.11 Å². The summed E-state index contributed by atoms with van der Waals surface area (Å²) in [6.07, 6.45) is 6.07. The van der Waals surface area contributed by atoms with Gasteiger partial charge in [0.25, 0.3) is 0 Å². The van der Waals surface area contributed by atoms with Crippen LogP contribution >= 0.6 is 0 Å². The van der Waals surface area contributed by atoms with E-state index in [1.165, 1.54) is 6.42 Å². The lowest BCUT2D eigenvalue weighted by Gasteiger charge is -2.24. The molecule has 0 bridgehead atoms.